The quantitative estimate of drug-likeness (QED) is 0.125. The number of hydrogen-bond donors (Lipinski definition) is 2. The van der Waals surface area contributed by atoms with Gasteiger partial charge in [0.15, 0.2) is 0 Å². The Labute approximate surface area is 294 Å². The fraction of sp³-hybridized carbons (Fsp3) is 0.487. The molecule has 0 unspecified atom stereocenters. The number of carbonyl (C=O) groups excluding carboxylic acids is 4. The third-order valence-corrected chi connectivity index (χ3v) is 10.1. The van der Waals surface area contributed by atoms with E-state index < -0.39 is 41.7 Å². The summed E-state index contributed by atoms with van der Waals surface area (Å²) in [5.41, 5.74) is 0.120. The van der Waals surface area contributed by atoms with Gasteiger partial charge < -0.3 is 34.4 Å². The van der Waals surface area contributed by atoms with Crippen LogP contribution >= 0.6 is 0 Å². The zero-order valence-electron chi connectivity index (χ0n) is 28.8. The van der Waals surface area contributed by atoms with E-state index in [0.29, 0.717) is 55.6 Å². The lowest BCUT2D eigenvalue weighted by Crippen LogP contribution is -2.56. The van der Waals surface area contributed by atoms with Crippen molar-refractivity contribution in [2.75, 3.05) is 38.3 Å². The molecule has 2 aromatic carbocycles. The second kappa shape index (κ2) is 17.0. The van der Waals surface area contributed by atoms with E-state index in [1.54, 1.807) is 53.3 Å². The Bertz CT molecular complexity index is 1510. The molecule has 3 heterocycles. The fourth-order valence-electron chi connectivity index (χ4n) is 7.69. The van der Waals surface area contributed by atoms with Gasteiger partial charge in [0.2, 0.25) is 11.8 Å². The van der Waals surface area contributed by atoms with Crippen molar-refractivity contribution >= 4 is 29.4 Å². The summed E-state index contributed by atoms with van der Waals surface area (Å²) >= 11 is 0. The highest BCUT2D eigenvalue weighted by atomic mass is 16.6. The van der Waals surface area contributed by atoms with Gasteiger partial charge in [0.25, 0.3) is 5.91 Å². The Balaban J connectivity index is 1.44. The Kier molecular flexibility index (Phi) is 12.5. The van der Waals surface area contributed by atoms with Gasteiger partial charge in [-0.25, -0.2) is 0 Å². The van der Waals surface area contributed by atoms with Gasteiger partial charge >= 0.3 is 5.97 Å². The van der Waals surface area contributed by atoms with Crippen LogP contribution in [0, 0.1) is 11.8 Å². The minimum atomic E-state index is -1.21. The number of esters is 1. The number of allylic oxidation sites excluding steroid dienone is 1. The van der Waals surface area contributed by atoms with Crippen molar-refractivity contribution in [3.63, 3.8) is 0 Å². The Morgan fingerprint density at radius 2 is 1.82 bits per heavy atom. The number of nitrogens with one attached hydrogen (secondary N) is 1. The zero-order valence-corrected chi connectivity index (χ0v) is 28.8. The third-order valence-electron chi connectivity index (χ3n) is 10.1. The number of likely N-dealkylation sites (tertiary alicyclic amines) is 1. The SMILES string of the molecule is C=CCCC(=O)NC[C@H](OC(=O)[C@@H]1[C@@H]2CC[C@]3(O2)[C@H](C(=O)N(CC=C)c2ccc(OC)cc2)N(CCCCCCO)C(=O)[C@@H]13)c1ccccc1. The summed E-state index contributed by atoms with van der Waals surface area (Å²) in [5.74, 6) is -2.55. The molecule has 0 aliphatic carbocycles. The lowest BCUT2D eigenvalue weighted by Gasteiger charge is -2.37. The van der Waals surface area contributed by atoms with Gasteiger partial charge in [-0.2, -0.15) is 0 Å². The summed E-state index contributed by atoms with van der Waals surface area (Å²) in [7, 11) is 1.57. The Morgan fingerprint density at radius 1 is 1.08 bits per heavy atom. The van der Waals surface area contributed by atoms with Gasteiger partial charge in [-0.1, -0.05) is 55.3 Å². The smallest absolute Gasteiger partial charge is 0.313 e. The summed E-state index contributed by atoms with van der Waals surface area (Å²) in [6.45, 7) is 8.21. The molecule has 11 heteroatoms. The van der Waals surface area contributed by atoms with E-state index >= 15 is 0 Å². The highest BCUT2D eigenvalue weighted by Crippen LogP contribution is 2.59. The molecule has 0 radical (unpaired) electrons. The lowest BCUT2D eigenvalue weighted by molar-refractivity contribution is -0.160. The van der Waals surface area contributed by atoms with Crippen LogP contribution in [0.1, 0.15) is 63.0 Å². The Hall–Kier alpha value is -4.48. The lowest BCUT2D eigenvalue weighted by atomic mass is 9.70. The molecule has 50 heavy (non-hydrogen) atoms. The van der Waals surface area contributed by atoms with Crippen molar-refractivity contribution in [3.8, 4) is 5.75 Å². The van der Waals surface area contributed by atoms with E-state index in [9.17, 15) is 24.3 Å². The van der Waals surface area contributed by atoms with E-state index in [-0.39, 0.29) is 43.8 Å². The van der Waals surface area contributed by atoms with Crippen LogP contribution in [0.15, 0.2) is 79.9 Å². The van der Waals surface area contributed by atoms with E-state index in [2.05, 4.69) is 18.5 Å². The third kappa shape index (κ3) is 7.63. The molecule has 3 aliphatic heterocycles. The summed E-state index contributed by atoms with van der Waals surface area (Å²) in [6.07, 6.45) is 6.50. The molecule has 0 aromatic heterocycles. The normalized spacial score (nSPS) is 24.0. The summed E-state index contributed by atoms with van der Waals surface area (Å²) in [6, 6.07) is 15.3. The van der Waals surface area contributed by atoms with Crippen LogP contribution < -0.4 is 15.0 Å². The number of carbonyl (C=O) groups is 4. The molecular formula is C39H49N3O8. The topological polar surface area (TPSA) is 135 Å². The molecule has 3 aliphatic rings. The second-order valence-corrected chi connectivity index (χ2v) is 13.1. The average molecular weight is 688 g/mol. The molecular weight excluding hydrogens is 638 g/mol. The van der Waals surface area contributed by atoms with Gasteiger partial charge in [-0.05, 0) is 61.9 Å². The number of fused-ring (bicyclic) bond motifs is 1. The van der Waals surface area contributed by atoms with Crippen molar-refractivity contribution in [1.29, 1.82) is 0 Å². The van der Waals surface area contributed by atoms with Gasteiger partial charge in [0.1, 0.15) is 23.5 Å². The van der Waals surface area contributed by atoms with Crippen LogP contribution in [0.5, 0.6) is 5.75 Å². The first-order valence-corrected chi connectivity index (χ1v) is 17.6. The molecule has 3 saturated heterocycles. The van der Waals surface area contributed by atoms with Crippen molar-refractivity contribution in [3.05, 3.63) is 85.5 Å². The number of unbranched alkanes of at least 4 members (excludes halogenated alkanes) is 3. The van der Waals surface area contributed by atoms with Gasteiger partial charge in [0.05, 0.1) is 31.6 Å². The maximum absolute atomic E-state index is 14.7. The van der Waals surface area contributed by atoms with E-state index in [1.807, 2.05) is 30.3 Å². The number of aliphatic hydroxyl groups excluding tert-OH is 1. The zero-order chi connectivity index (χ0) is 35.7. The van der Waals surface area contributed by atoms with Crippen molar-refractivity contribution in [2.24, 2.45) is 11.8 Å². The molecule has 5 rings (SSSR count). The standard InChI is InChI=1S/C39H49N3O8/c1-4-6-16-32(44)40-26-31(27-14-10-9-11-15-27)49-38(47)33-30-21-22-39(50-30)34(33)36(45)42(24-12-7-8-13-25-43)35(39)37(46)41(23-5-2)28-17-19-29(48-3)20-18-28/h4-5,9-11,14-15,17-20,30-31,33-35,43H,1-2,6-8,12-13,16,21-26H2,3H3,(H,40,44)/t30-,31-,33+,34+,35-,39+/m0/s1. The van der Waals surface area contributed by atoms with E-state index in [1.165, 1.54) is 0 Å². The molecule has 11 nitrogen and oxygen atoms in total. The minimum absolute atomic E-state index is 0.0627. The molecule has 3 amide bonds. The number of benzene rings is 2. The minimum Gasteiger partial charge on any atom is -0.497 e. The number of hydrogen-bond acceptors (Lipinski definition) is 8. The monoisotopic (exact) mass is 687 g/mol. The van der Waals surface area contributed by atoms with Crippen LogP contribution in [-0.2, 0) is 28.7 Å². The predicted molar refractivity (Wildman–Crippen MR) is 188 cm³/mol. The highest BCUT2D eigenvalue weighted by molar-refractivity contribution is 6.04. The largest absolute Gasteiger partial charge is 0.497 e. The fourth-order valence-corrected chi connectivity index (χ4v) is 7.69. The molecule has 2 bridgehead atoms. The van der Waals surface area contributed by atoms with E-state index in [4.69, 9.17) is 14.2 Å². The number of aliphatic hydroxyl groups is 1. The first-order chi connectivity index (χ1) is 24.3. The number of amides is 3. The summed E-state index contributed by atoms with van der Waals surface area (Å²) in [5, 5.41) is 12.1. The highest BCUT2D eigenvalue weighted by Gasteiger charge is 2.75. The van der Waals surface area contributed by atoms with Gasteiger partial charge in [0, 0.05) is 31.8 Å². The number of rotatable bonds is 19. The van der Waals surface area contributed by atoms with Crippen LogP contribution in [0.2, 0.25) is 0 Å². The van der Waals surface area contributed by atoms with Gasteiger partial charge in [-0.15, -0.1) is 13.2 Å². The first kappa shape index (κ1) is 36.8. The molecule has 2 N–H and O–H groups in total. The second-order valence-electron chi connectivity index (χ2n) is 13.1. The van der Waals surface area contributed by atoms with Crippen LogP contribution in [0.25, 0.3) is 0 Å². The molecule has 6 atom stereocenters. The number of nitrogens with zero attached hydrogens (tertiary/aromatic N) is 2. The van der Waals surface area contributed by atoms with Crippen molar-refractivity contribution < 1.29 is 38.5 Å². The van der Waals surface area contributed by atoms with Gasteiger partial charge in [-0.3, -0.25) is 19.2 Å². The maximum atomic E-state index is 14.7. The molecule has 268 valence electrons. The number of methoxy groups -OCH3 is 1. The van der Waals surface area contributed by atoms with Crippen LogP contribution in [0.3, 0.4) is 0 Å². The van der Waals surface area contributed by atoms with E-state index in [0.717, 1.165) is 12.8 Å². The number of ether oxygens (including phenoxy) is 3. The average Bonchev–Trinajstić information content (AvgIpc) is 3.78. The Morgan fingerprint density at radius 3 is 2.50 bits per heavy atom. The maximum Gasteiger partial charge on any atom is 0.313 e. The van der Waals surface area contributed by atoms with Crippen LogP contribution in [0.4, 0.5) is 5.69 Å². The summed E-state index contributed by atoms with van der Waals surface area (Å²) < 4.78 is 18.1. The van der Waals surface area contributed by atoms with Crippen molar-refractivity contribution in [2.45, 2.75) is 75.2 Å². The predicted octanol–water partition coefficient (Wildman–Crippen LogP) is 4.51. The molecule has 3 fully saturated rings. The molecule has 0 saturated carbocycles. The van der Waals surface area contributed by atoms with Crippen LogP contribution in [-0.4, -0.2) is 84.8 Å². The summed E-state index contributed by atoms with van der Waals surface area (Å²) in [4.78, 5) is 59.2. The molecule has 2 aromatic rings. The number of anilines is 1. The van der Waals surface area contributed by atoms with Crippen molar-refractivity contribution in [1.82, 2.24) is 10.2 Å². The molecule has 1 spiro atoms. The first-order valence-electron chi connectivity index (χ1n) is 17.6.